The number of hydrogen-bond acceptors (Lipinski definition) is 3. The van der Waals surface area contributed by atoms with Crippen LogP contribution in [0.2, 0.25) is 0 Å². The maximum absolute atomic E-state index is 4.83. The quantitative estimate of drug-likeness (QED) is 0.629. The monoisotopic (exact) mass is 140 g/mol. The minimum absolute atomic E-state index is 0.414. The number of hydrogen-bond donors (Lipinski definition) is 0. The molecule has 0 saturated carbocycles. The molecule has 0 aliphatic heterocycles. The topological polar surface area (TPSA) is 38.9 Å². The molecule has 0 radical (unpaired) electrons. The molecule has 0 spiro atoms. The highest BCUT2D eigenvalue weighted by molar-refractivity contribution is 4.91. The van der Waals surface area contributed by atoms with Gasteiger partial charge in [0.25, 0.3) is 0 Å². The molecule has 1 heterocycles. The van der Waals surface area contributed by atoms with E-state index in [1.54, 1.807) is 6.92 Å². The first kappa shape index (κ1) is 7.25. The summed E-state index contributed by atoms with van der Waals surface area (Å²) in [5.74, 6) is 1.88. The van der Waals surface area contributed by atoms with Crippen LogP contribution < -0.4 is 0 Å². The van der Waals surface area contributed by atoms with Crippen LogP contribution in [-0.2, 0) is 0 Å². The maximum atomic E-state index is 4.83. The smallest absolute Gasteiger partial charge is 0.223 e. The summed E-state index contributed by atoms with van der Waals surface area (Å²) in [6.07, 6.45) is 1.05. The van der Waals surface area contributed by atoms with Crippen molar-refractivity contribution in [2.45, 2.75) is 33.1 Å². The van der Waals surface area contributed by atoms with Gasteiger partial charge >= 0.3 is 0 Å². The first-order valence-corrected chi connectivity index (χ1v) is 3.54. The van der Waals surface area contributed by atoms with Gasteiger partial charge in [-0.15, -0.1) is 0 Å². The minimum atomic E-state index is 0.414. The molecule has 3 heteroatoms. The van der Waals surface area contributed by atoms with Crippen LogP contribution in [0.25, 0.3) is 0 Å². The molecule has 0 amide bonds. The summed E-state index contributed by atoms with van der Waals surface area (Å²) in [5, 5.41) is 3.80. The van der Waals surface area contributed by atoms with E-state index in [-0.39, 0.29) is 0 Å². The molecule has 1 rings (SSSR count). The van der Waals surface area contributed by atoms with Gasteiger partial charge in [0.1, 0.15) is 0 Å². The fourth-order valence-electron chi connectivity index (χ4n) is 0.698. The lowest BCUT2D eigenvalue weighted by Gasteiger charge is -1.98. The average molecular weight is 140 g/mol. The summed E-state index contributed by atoms with van der Waals surface area (Å²) >= 11 is 0. The molecule has 0 bridgehead atoms. The summed E-state index contributed by atoms with van der Waals surface area (Å²) in [4.78, 5) is 4.10. The predicted octanol–water partition coefficient (Wildman–Crippen LogP) is 1.89. The van der Waals surface area contributed by atoms with Crippen molar-refractivity contribution in [3.8, 4) is 0 Å². The highest BCUT2D eigenvalue weighted by atomic mass is 16.5. The second-order valence-corrected chi connectivity index (χ2v) is 2.48. The van der Waals surface area contributed by atoms with Gasteiger partial charge in [-0.25, -0.2) is 0 Å². The Labute approximate surface area is 60.4 Å². The van der Waals surface area contributed by atoms with Gasteiger partial charge in [-0.1, -0.05) is 19.0 Å². The molecule has 0 aliphatic carbocycles. The van der Waals surface area contributed by atoms with Crippen LogP contribution in [0, 0.1) is 6.92 Å². The first-order valence-electron chi connectivity index (χ1n) is 3.54. The lowest BCUT2D eigenvalue weighted by molar-refractivity contribution is 0.383. The summed E-state index contributed by atoms with van der Waals surface area (Å²) in [5.41, 5.74) is 0. The fourth-order valence-corrected chi connectivity index (χ4v) is 0.698. The summed E-state index contributed by atoms with van der Waals surface area (Å²) < 4.78 is 4.83. The van der Waals surface area contributed by atoms with E-state index in [0.29, 0.717) is 11.8 Å². The Hall–Kier alpha value is -0.860. The van der Waals surface area contributed by atoms with Crippen LogP contribution in [-0.4, -0.2) is 10.1 Å². The Morgan fingerprint density at radius 1 is 1.60 bits per heavy atom. The van der Waals surface area contributed by atoms with Crippen LogP contribution in [0.5, 0.6) is 0 Å². The van der Waals surface area contributed by atoms with Crippen molar-refractivity contribution in [2.75, 3.05) is 0 Å². The van der Waals surface area contributed by atoms with Gasteiger partial charge < -0.3 is 4.52 Å². The van der Waals surface area contributed by atoms with Gasteiger partial charge in [-0.2, -0.15) is 4.98 Å². The molecule has 0 fully saturated rings. The van der Waals surface area contributed by atoms with E-state index in [0.717, 1.165) is 12.2 Å². The zero-order valence-corrected chi connectivity index (χ0v) is 6.59. The number of rotatable bonds is 2. The minimum Gasteiger partial charge on any atom is -0.340 e. The van der Waals surface area contributed by atoms with Crippen molar-refractivity contribution in [3.63, 3.8) is 0 Å². The lowest BCUT2D eigenvalue weighted by Crippen LogP contribution is -1.93. The number of aromatic nitrogens is 2. The van der Waals surface area contributed by atoms with E-state index < -0.39 is 0 Å². The van der Waals surface area contributed by atoms with Crippen molar-refractivity contribution in [1.29, 1.82) is 0 Å². The van der Waals surface area contributed by atoms with Crippen molar-refractivity contribution in [2.24, 2.45) is 0 Å². The molecule has 1 aromatic rings. The van der Waals surface area contributed by atoms with Gasteiger partial charge in [0, 0.05) is 12.8 Å². The third kappa shape index (κ3) is 1.35. The van der Waals surface area contributed by atoms with Gasteiger partial charge in [-0.05, 0) is 6.42 Å². The molecule has 56 valence electrons. The number of aryl methyl sites for hydroxylation is 1. The van der Waals surface area contributed by atoms with Crippen LogP contribution in [0.1, 0.15) is 37.9 Å². The van der Waals surface area contributed by atoms with Gasteiger partial charge in [0.05, 0.1) is 0 Å². The predicted molar refractivity (Wildman–Crippen MR) is 37.7 cm³/mol. The van der Waals surface area contributed by atoms with E-state index in [1.165, 1.54) is 0 Å². The third-order valence-electron chi connectivity index (χ3n) is 1.60. The zero-order valence-electron chi connectivity index (χ0n) is 6.59. The molecular formula is C7H12N2O. The lowest BCUT2D eigenvalue weighted by atomic mass is 10.1. The summed E-state index contributed by atoms with van der Waals surface area (Å²) in [7, 11) is 0. The second kappa shape index (κ2) is 2.82. The van der Waals surface area contributed by atoms with Gasteiger partial charge in [0.15, 0.2) is 5.82 Å². The normalized spacial score (nSPS) is 13.5. The molecule has 0 aliphatic rings. The molecule has 10 heavy (non-hydrogen) atoms. The Morgan fingerprint density at radius 3 is 2.70 bits per heavy atom. The molecule has 3 nitrogen and oxygen atoms in total. The SMILES string of the molecule is CC[C@H](C)c1noc(C)n1. The molecule has 1 atom stereocenters. The van der Waals surface area contributed by atoms with Crippen molar-refractivity contribution >= 4 is 0 Å². The Kier molecular flexibility index (Phi) is 2.04. The molecule has 0 N–H and O–H groups in total. The van der Waals surface area contributed by atoms with Gasteiger partial charge in [0.2, 0.25) is 5.89 Å². The van der Waals surface area contributed by atoms with Crippen LogP contribution in [0.15, 0.2) is 4.52 Å². The van der Waals surface area contributed by atoms with E-state index >= 15 is 0 Å². The van der Waals surface area contributed by atoms with E-state index in [9.17, 15) is 0 Å². The van der Waals surface area contributed by atoms with E-state index in [2.05, 4.69) is 24.0 Å². The zero-order chi connectivity index (χ0) is 7.56. The van der Waals surface area contributed by atoms with Crippen molar-refractivity contribution < 1.29 is 4.52 Å². The highest BCUT2D eigenvalue weighted by Gasteiger charge is 2.08. The second-order valence-electron chi connectivity index (χ2n) is 2.48. The van der Waals surface area contributed by atoms with Crippen LogP contribution in [0.3, 0.4) is 0 Å². The van der Waals surface area contributed by atoms with Crippen molar-refractivity contribution in [1.82, 2.24) is 10.1 Å². The maximum Gasteiger partial charge on any atom is 0.223 e. The Morgan fingerprint density at radius 2 is 2.30 bits per heavy atom. The van der Waals surface area contributed by atoms with Crippen LogP contribution >= 0.6 is 0 Å². The highest BCUT2D eigenvalue weighted by Crippen LogP contribution is 2.13. The van der Waals surface area contributed by atoms with E-state index in [4.69, 9.17) is 4.52 Å². The summed E-state index contributed by atoms with van der Waals surface area (Å²) in [6, 6.07) is 0. The molecule has 0 aromatic carbocycles. The molecule has 0 saturated heterocycles. The third-order valence-corrected chi connectivity index (χ3v) is 1.60. The van der Waals surface area contributed by atoms with Crippen LogP contribution in [0.4, 0.5) is 0 Å². The Bertz CT molecular complexity index is 207. The summed E-state index contributed by atoms with van der Waals surface area (Å²) in [6.45, 7) is 6.00. The molecule has 0 unspecified atom stereocenters. The van der Waals surface area contributed by atoms with Gasteiger partial charge in [-0.3, -0.25) is 0 Å². The Balaban J connectivity index is 2.74. The average Bonchev–Trinajstić information content (AvgIpc) is 2.34. The molecule has 1 aromatic heterocycles. The fraction of sp³-hybridized carbons (Fsp3) is 0.714. The van der Waals surface area contributed by atoms with Crippen molar-refractivity contribution in [3.05, 3.63) is 11.7 Å². The molecular weight excluding hydrogens is 128 g/mol. The first-order chi connectivity index (χ1) is 4.74. The largest absolute Gasteiger partial charge is 0.340 e. The number of nitrogens with zero attached hydrogens (tertiary/aromatic N) is 2. The van der Waals surface area contributed by atoms with E-state index in [1.807, 2.05) is 0 Å². The standard InChI is InChI=1S/C7H12N2O/c1-4-5(2)7-8-6(3)10-9-7/h5H,4H2,1-3H3/t5-/m0/s1.